The van der Waals surface area contributed by atoms with Crippen LogP contribution < -0.4 is 0 Å². The number of furan rings is 1. The summed E-state index contributed by atoms with van der Waals surface area (Å²) in [5, 5.41) is 19.0. The lowest BCUT2D eigenvalue weighted by Crippen LogP contribution is -2.08. The Labute approximate surface area is 136 Å². The van der Waals surface area contributed by atoms with E-state index >= 15 is 0 Å². The topological polar surface area (TPSA) is 115 Å². The maximum Gasteiger partial charge on any atom is 0.433 e. The fraction of sp³-hybridized carbons (Fsp3) is 0.286. The van der Waals surface area contributed by atoms with Gasteiger partial charge in [0.2, 0.25) is 5.95 Å². The van der Waals surface area contributed by atoms with Crippen LogP contribution in [-0.2, 0) is 0 Å². The first-order valence-electron chi connectivity index (χ1n) is 7.06. The molecule has 0 aromatic carbocycles. The zero-order chi connectivity index (χ0) is 17.4. The number of aliphatic imine (C=N–C) groups is 1. The van der Waals surface area contributed by atoms with Crippen molar-refractivity contribution in [2.45, 2.75) is 13.8 Å². The van der Waals surface area contributed by atoms with Gasteiger partial charge in [-0.15, -0.1) is 10.2 Å². The average Bonchev–Trinajstić information content (AvgIpc) is 3.14. The Bertz CT molecular complexity index is 955. The second kappa shape index (κ2) is 5.72. The first-order chi connectivity index (χ1) is 11.4. The van der Waals surface area contributed by atoms with E-state index in [2.05, 4.69) is 20.2 Å². The minimum atomic E-state index is -0.594. The second-order valence-corrected chi connectivity index (χ2v) is 5.39. The van der Waals surface area contributed by atoms with Gasteiger partial charge in [0.05, 0.1) is 12.4 Å². The Kier molecular flexibility index (Phi) is 3.72. The van der Waals surface area contributed by atoms with Gasteiger partial charge in [0.25, 0.3) is 0 Å². The number of hydrogen-bond acceptors (Lipinski definition) is 7. The summed E-state index contributed by atoms with van der Waals surface area (Å²) in [4.78, 5) is 20.8. The summed E-state index contributed by atoms with van der Waals surface area (Å²) in [5.74, 6) is 0.940. The van der Waals surface area contributed by atoms with Crippen molar-refractivity contribution >= 4 is 23.8 Å². The molecule has 10 heteroatoms. The minimum Gasteiger partial charge on any atom is -0.399 e. The molecule has 3 rings (SSSR count). The number of hydrogen-bond donors (Lipinski definition) is 0. The summed E-state index contributed by atoms with van der Waals surface area (Å²) in [5.41, 5.74) is 1.71. The number of aryl methyl sites for hydroxylation is 2. The van der Waals surface area contributed by atoms with Crippen LogP contribution in [0.15, 0.2) is 21.5 Å². The molecular weight excluding hydrogens is 314 g/mol. The Morgan fingerprint density at radius 3 is 2.71 bits per heavy atom. The van der Waals surface area contributed by atoms with Crippen molar-refractivity contribution in [3.8, 4) is 11.5 Å². The summed E-state index contributed by atoms with van der Waals surface area (Å²) >= 11 is 0. The van der Waals surface area contributed by atoms with Crippen LogP contribution in [0.3, 0.4) is 0 Å². The van der Waals surface area contributed by atoms with Gasteiger partial charge in [0, 0.05) is 19.7 Å². The second-order valence-electron chi connectivity index (χ2n) is 5.39. The van der Waals surface area contributed by atoms with Gasteiger partial charge < -0.3 is 9.32 Å². The Morgan fingerprint density at radius 1 is 1.33 bits per heavy atom. The number of aromatic nitrogens is 4. The lowest BCUT2D eigenvalue weighted by molar-refractivity contribution is -0.401. The van der Waals surface area contributed by atoms with E-state index in [0.717, 1.165) is 0 Å². The van der Waals surface area contributed by atoms with Crippen molar-refractivity contribution in [3.63, 3.8) is 0 Å². The molecule has 0 bridgehead atoms. The predicted octanol–water partition coefficient (Wildman–Crippen LogP) is 2.13. The zero-order valence-electron chi connectivity index (χ0n) is 13.6. The van der Waals surface area contributed by atoms with Crippen LogP contribution in [0.1, 0.15) is 11.4 Å². The van der Waals surface area contributed by atoms with Gasteiger partial charge in [-0.25, -0.2) is 14.4 Å². The number of rotatable bonds is 4. The molecule has 0 aliphatic carbocycles. The normalized spacial score (nSPS) is 11.5. The fourth-order valence-electron chi connectivity index (χ4n) is 2.23. The van der Waals surface area contributed by atoms with E-state index in [0.29, 0.717) is 28.7 Å². The van der Waals surface area contributed by atoms with Gasteiger partial charge >= 0.3 is 5.88 Å². The van der Waals surface area contributed by atoms with Gasteiger partial charge in [-0.2, -0.15) is 0 Å². The molecule has 0 radical (unpaired) electrons. The van der Waals surface area contributed by atoms with Crippen molar-refractivity contribution in [2.75, 3.05) is 14.1 Å². The van der Waals surface area contributed by atoms with Gasteiger partial charge in [-0.1, -0.05) is 0 Å². The van der Waals surface area contributed by atoms with Gasteiger partial charge in [-0.05, 0) is 19.9 Å². The maximum absolute atomic E-state index is 10.8. The summed E-state index contributed by atoms with van der Waals surface area (Å²) < 4.78 is 6.99. The van der Waals surface area contributed by atoms with E-state index in [1.165, 1.54) is 12.1 Å². The van der Waals surface area contributed by atoms with Crippen molar-refractivity contribution < 1.29 is 9.34 Å². The SMILES string of the molecule is Cc1c(-c2ccc([N+](=O)[O-])o2)nc(N=CN(C)C)n2c(C)nnc12. The van der Waals surface area contributed by atoms with E-state index in [1.54, 1.807) is 29.5 Å². The highest BCUT2D eigenvalue weighted by molar-refractivity contribution is 5.70. The molecule has 0 aliphatic heterocycles. The Hall–Kier alpha value is -3.30. The van der Waals surface area contributed by atoms with Crippen molar-refractivity contribution in [3.05, 3.63) is 33.6 Å². The van der Waals surface area contributed by atoms with Gasteiger partial charge in [0.15, 0.2) is 11.4 Å². The lowest BCUT2D eigenvalue weighted by Gasteiger charge is -2.08. The molecule has 3 aromatic rings. The Morgan fingerprint density at radius 2 is 2.08 bits per heavy atom. The minimum absolute atomic E-state index is 0.281. The monoisotopic (exact) mass is 329 g/mol. The highest BCUT2D eigenvalue weighted by Gasteiger charge is 2.20. The van der Waals surface area contributed by atoms with Gasteiger partial charge in [0.1, 0.15) is 16.4 Å². The Balaban J connectivity index is 2.24. The molecule has 0 unspecified atom stereocenters. The van der Waals surface area contributed by atoms with Crippen molar-refractivity contribution in [2.24, 2.45) is 4.99 Å². The molecule has 0 saturated carbocycles. The van der Waals surface area contributed by atoms with E-state index in [1.807, 2.05) is 14.1 Å². The third-order valence-corrected chi connectivity index (χ3v) is 3.34. The maximum atomic E-state index is 10.8. The highest BCUT2D eigenvalue weighted by Crippen LogP contribution is 2.31. The fourth-order valence-corrected chi connectivity index (χ4v) is 2.23. The first kappa shape index (κ1) is 15.6. The molecule has 0 N–H and O–H groups in total. The summed E-state index contributed by atoms with van der Waals surface area (Å²) in [7, 11) is 3.68. The van der Waals surface area contributed by atoms with E-state index < -0.39 is 4.92 Å². The van der Waals surface area contributed by atoms with Crippen LogP contribution in [0, 0.1) is 24.0 Å². The van der Waals surface area contributed by atoms with Crippen LogP contribution in [0.5, 0.6) is 0 Å². The molecule has 3 heterocycles. The van der Waals surface area contributed by atoms with Crippen molar-refractivity contribution in [1.29, 1.82) is 0 Å². The lowest BCUT2D eigenvalue weighted by atomic mass is 10.2. The van der Waals surface area contributed by atoms with Gasteiger partial charge in [-0.3, -0.25) is 10.1 Å². The smallest absolute Gasteiger partial charge is 0.399 e. The number of nitrogens with zero attached hydrogens (tertiary/aromatic N) is 7. The molecule has 24 heavy (non-hydrogen) atoms. The van der Waals surface area contributed by atoms with Crippen LogP contribution in [-0.4, -0.2) is 49.8 Å². The standard InChI is InChI=1S/C14H15N7O3/c1-8-12(10-5-6-11(24-10)21(22)23)16-14(15-7-19(3)4)20-9(2)17-18-13(8)20/h5-7H,1-4H3. The van der Waals surface area contributed by atoms with Crippen LogP contribution in [0.25, 0.3) is 17.1 Å². The van der Waals surface area contributed by atoms with Crippen molar-refractivity contribution in [1.82, 2.24) is 24.5 Å². The largest absolute Gasteiger partial charge is 0.433 e. The summed E-state index contributed by atoms with van der Waals surface area (Å²) in [6, 6.07) is 2.80. The third-order valence-electron chi connectivity index (χ3n) is 3.34. The molecule has 3 aromatic heterocycles. The quantitative estimate of drug-likeness (QED) is 0.311. The molecule has 124 valence electrons. The molecule has 0 saturated heterocycles. The molecule has 0 spiro atoms. The van der Waals surface area contributed by atoms with E-state index in [-0.39, 0.29) is 11.6 Å². The molecular formula is C14H15N7O3. The molecule has 0 fully saturated rings. The number of fused-ring (bicyclic) bond motifs is 1. The summed E-state index contributed by atoms with van der Waals surface area (Å²) in [6.07, 6.45) is 1.60. The predicted molar refractivity (Wildman–Crippen MR) is 86.5 cm³/mol. The molecule has 0 amide bonds. The molecule has 0 atom stereocenters. The van der Waals surface area contributed by atoms with Crippen LogP contribution in [0.4, 0.5) is 11.8 Å². The molecule has 10 nitrogen and oxygen atoms in total. The average molecular weight is 329 g/mol. The van der Waals surface area contributed by atoms with Crippen LogP contribution in [0.2, 0.25) is 0 Å². The van der Waals surface area contributed by atoms with E-state index in [9.17, 15) is 10.1 Å². The highest BCUT2D eigenvalue weighted by atomic mass is 16.6. The van der Waals surface area contributed by atoms with Crippen LogP contribution >= 0.6 is 0 Å². The zero-order valence-corrected chi connectivity index (χ0v) is 13.6. The first-order valence-corrected chi connectivity index (χ1v) is 7.06. The third kappa shape index (κ3) is 2.57. The van der Waals surface area contributed by atoms with E-state index in [4.69, 9.17) is 4.42 Å². The number of nitro groups is 1. The molecule has 0 aliphatic rings. The summed E-state index contributed by atoms with van der Waals surface area (Å²) in [6.45, 7) is 3.60.